The predicted octanol–water partition coefficient (Wildman–Crippen LogP) is 2.69. The number of hydrogen-bond acceptors (Lipinski definition) is 5. The second-order valence-corrected chi connectivity index (χ2v) is 6.73. The first-order chi connectivity index (χ1) is 13.8. The van der Waals surface area contributed by atoms with Gasteiger partial charge in [0.15, 0.2) is 0 Å². The lowest BCUT2D eigenvalue weighted by atomic mass is 10.2. The molecule has 8 nitrogen and oxygen atoms in total. The summed E-state index contributed by atoms with van der Waals surface area (Å²) < 4.78 is 0.891. The first-order valence-corrected chi connectivity index (χ1v) is 8.99. The van der Waals surface area contributed by atoms with Gasteiger partial charge in [-0.1, -0.05) is 35.3 Å². The molecule has 0 aliphatic rings. The van der Waals surface area contributed by atoms with Crippen LogP contribution >= 0.6 is 23.2 Å². The Balaban J connectivity index is 2.01. The van der Waals surface area contributed by atoms with E-state index in [0.29, 0.717) is 5.02 Å². The number of halogens is 2. The standard InChI is InChI=1S/C19H14Cl2N4O4/c1-10(23-24-16(26)13-4-2-3-5-14(13)21)15-17(27)22-19(29)25(18(15)28)12-8-6-11(20)7-9-12/h2-9,28H,1H3,(H,24,26)(H,22,27,29). The fraction of sp³-hybridized carbons (Fsp3) is 0.0526. The minimum Gasteiger partial charge on any atom is -0.493 e. The molecule has 0 unspecified atom stereocenters. The molecular formula is C19H14Cl2N4O4. The lowest BCUT2D eigenvalue weighted by molar-refractivity contribution is 0.0955. The Kier molecular flexibility index (Phi) is 5.86. The molecule has 0 aliphatic heterocycles. The van der Waals surface area contributed by atoms with Crippen LogP contribution in [0.15, 0.2) is 63.2 Å². The fourth-order valence-electron chi connectivity index (χ4n) is 2.58. The van der Waals surface area contributed by atoms with E-state index in [2.05, 4.69) is 15.5 Å². The van der Waals surface area contributed by atoms with Gasteiger partial charge < -0.3 is 5.11 Å². The molecule has 0 bridgehead atoms. The van der Waals surface area contributed by atoms with E-state index >= 15 is 0 Å². The van der Waals surface area contributed by atoms with Gasteiger partial charge in [0.1, 0.15) is 5.56 Å². The molecule has 0 atom stereocenters. The topological polar surface area (TPSA) is 117 Å². The molecule has 148 valence electrons. The van der Waals surface area contributed by atoms with E-state index in [9.17, 15) is 19.5 Å². The Bertz CT molecular complexity index is 1230. The molecule has 0 aliphatic carbocycles. The van der Waals surface area contributed by atoms with Crippen LogP contribution in [-0.4, -0.2) is 26.3 Å². The monoisotopic (exact) mass is 432 g/mol. The van der Waals surface area contributed by atoms with E-state index in [1.807, 2.05) is 0 Å². The van der Waals surface area contributed by atoms with Crippen LogP contribution < -0.4 is 16.7 Å². The molecule has 1 aromatic heterocycles. The average molecular weight is 433 g/mol. The fourth-order valence-corrected chi connectivity index (χ4v) is 2.92. The largest absolute Gasteiger partial charge is 0.493 e. The van der Waals surface area contributed by atoms with Crippen molar-refractivity contribution in [2.75, 3.05) is 0 Å². The van der Waals surface area contributed by atoms with Gasteiger partial charge in [0.2, 0.25) is 5.88 Å². The first kappa shape index (κ1) is 20.4. The number of aromatic hydroxyl groups is 1. The molecular weight excluding hydrogens is 419 g/mol. The number of nitrogens with one attached hydrogen (secondary N) is 2. The second kappa shape index (κ2) is 8.34. The highest BCUT2D eigenvalue weighted by atomic mass is 35.5. The third-order valence-corrected chi connectivity index (χ3v) is 4.56. The minimum absolute atomic E-state index is 0.0214. The van der Waals surface area contributed by atoms with Crippen LogP contribution in [0.3, 0.4) is 0 Å². The normalized spacial score (nSPS) is 11.3. The van der Waals surface area contributed by atoms with Crippen LogP contribution in [0, 0.1) is 0 Å². The van der Waals surface area contributed by atoms with E-state index in [1.165, 1.54) is 37.3 Å². The summed E-state index contributed by atoms with van der Waals surface area (Å²) >= 11 is 11.8. The van der Waals surface area contributed by atoms with Crippen molar-refractivity contribution < 1.29 is 9.90 Å². The van der Waals surface area contributed by atoms with E-state index in [-0.39, 0.29) is 27.5 Å². The Labute approximate surface area is 174 Å². The van der Waals surface area contributed by atoms with Crippen LogP contribution in [0.25, 0.3) is 5.69 Å². The Morgan fingerprint density at radius 2 is 1.76 bits per heavy atom. The second-order valence-electron chi connectivity index (χ2n) is 5.89. The SMILES string of the molecule is CC(=NNC(=O)c1ccccc1Cl)c1c(O)n(-c2ccc(Cl)cc2)c(=O)[nH]c1=O. The van der Waals surface area contributed by atoms with Gasteiger partial charge in [0.25, 0.3) is 11.5 Å². The van der Waals surface area contributed by atoms with Crippen molar-refractivity contribution in [3.8, 4) is 11.6 Å². The van der Waals surface area contributed by atoms with Crippen LogP contribution in [-0.2, 0) is 0 Å². The number of nitrogens with zero attached hydrogens (tertiary/aromatic N) is 2. The number of benzene rings is 2. The molecule has 0 spiro atoms. The first-order valence-electron chi connectivity index (χ1n) is 8.23. The maximum absolute atomic E-state index is 12.2. The zero-order chi connectivity index (χ0) is 21.1. The third-order valence-electron chi connectivity index (χ3n) is 3.98. The van der Waals surface area contributed by atoms with Gasteiger partial charge in [0.05, 0.1) is 22.0 Å². The highest BCUT2D eigenvalue weighted by molar-refractivity contribution is 6.33. The zero-order valence-corrected chi connectivity index (χ0v) is 16.5. The summed E-state index contributed by atoms with van der Waals surface area (Å²) in [4.78, 5) is 38.8. The Morgan fingerprint density at radius 1 is 1.10 bits per heavy atom. The summed E-state index contributed by atoms with van der Waals surface area (Å²) in [5.74, 6) is -1.23. The average Bonchev–Trinajstić information content (AvgIpc) is 2.67. The number of hydrazone groups is 1. The lowest BCUT2D eigenvalue weighted by Crippen LogP contribution is -2.33. The lowest BCUT2D eigenvalue weighted by Gasteiger charge is -2.11. The molecule has 3 rings (SSSR count). The summed E-state index contributed by atoms with van der Waals surface area (Å²) in [5.41, 5.74) is 0.742. The van der Waals surface area contributed by atoms with Gasteiger partial charge in [-0.3, -0.25) is 14.6 Å². The van der Waals surface area contributed by atoms with Crippen molar-refractivity contribution in [3.63, 3.8) is 0 Å². The third kappa shape index (κ3) is 4.23. The number of hydrogen-bond donors (Lipinski definition) is 3. The van der Waals surface area contributed by atoms with Crippen molar-refractivity contribution >= 4 is 34.8 Å². The number of rotatable bonds is 4. The summed E-state index contributed by atoms with van der Waals surface area (Å²) in [5, 5.41) is 15.1. The summed E-state index contributed by atoms with van der Waals surface area (Å²) in [6.07, 6.45) is 0. The van der Waals surface area contributed by atoms with Gasteiger partial charge >= 0.3 is 5.69 Å². The molecule has 0 radical (unpaired) electrons. The predicted molar refractivity (Wildman–Crippen MR) is 110 cm³/mol. The number of aromatic nitrogens is 2. The molecule has 0 fully saturated rings. The zero-order valence-electron chi connectivity index (χ0n) is 14.9. The maximum Gasteiger partial charge on any atom is 0.335 e. The molecule has 3 N–H and O–H groups in total. The molecule has 1 heterocycles. The number of carbonyl (C=O) groups is 1. The van der Waals surface area contributed by atoms with Crippen molar-refractivity contribution in [2.45, 2.75) is 6.92 Å². The van der Waals surface area contributed by atoms with Gasteiger partial charge in [-0.05, 0) is 43.3 Å². The summed E-state index contributed by atoms with van der Waals surface area (Å²) in [6, 6.07) is 12.4. The van der Waals surface area contributed by atoms with Crippen LogP contribution in [0.5, 0.6) is 5.88 Å². The molecule has 0 saturated carbocycles. The number of carbonyl (C=O) groups excluding carboxylic acids is 1. The molecule has 2 aromatic carbocycles. The number of aromatic amines is 1. The maximum atomic E-state index is 12.2. The number of amides is 1. The van der Waals surface area contributed by atoms with Gasteiger partial charge in [-0.25, -0.2) is 14.8 Å². The number of H-pyrrole nitrogens is 1. The smallest absolute Gasteiger partial charge is 0.335 e. The Morgan fingerprint density at radius 3 is 2.41 bits per heavy atom. The van der Waals surface area contributed by atoms with Crippen molar-refractivity contribution in [3.05, 3.63) is 90.5 Å². The van der Waals surface area contributed by atoms with Crippen LogP contribution in [0.4, 0.5) is 0 Å². The minimum atomic E-state index is -0.856. The van der Waals surface area contributed by atoms with E-state index in [1.54, 1.807) is 18.2 Å². The highest BCUT2D eigenvalue weighted by Gasteiger charge is 2.18. The molecule has 3 aromatic rings. The molecule has 1 amide bonds. The highest BCUT2D eigenvalue weighted by Crippen LogP contribution is 2.19. The quantitative estimate of drug-likeness (QED) is 0.433. The van der Waals surface area contributed by atoms with E-state index in [0.717, 1.165) is 4.57 Å². The van der Waals surface area contributed by atoms with E-state index in [4.69, 9.17) is 23.2 Å². The van der Waals surface area contributed by atoms with Crippen LogP contribution in [0.2, 0.25) is 10.0 Å². The van der Waals surface area contributed by atoms with Gasteiger partial charge in [0, 0.05) is 5.02 Å². The van der Waals surface area contributed by atoms with E-state index < -0.39 is 23.0 Å². The Hall–Kier alpha value is -3.36. The van der Waals surface area contributed by atoms with Crippen molar-refractivity contribution in [1.29, 1.82) is 0 Å². The molecule has 10 heteroatoms. The van der Waals surface area contributed by atoms with Gasteiger partial charge in [-0.2, -0.15) is 5.10 Å². The van der Waals surface area contributed by atoms with Crippen molar-refractivity contribution in [1.82, 2.24) is 15.0 Å². The summed E-state index contributed by atoms with van der Waals surface area (Å²) in [6.45, 7) is 1.40. The van der Waals surface area contributed by atoms with Crippen LogP contribution in [0.1, 0.15) is 22.8 Å². The van der Waals surface area contributed by atoms with Crippen molar-refractivity contribution in [2.24, 2.45) is 5.10 Å². The molecule has 29 heavy (non-hydrogen) atoms. The van der Waals surface area contributed by atoms with Gasteiger partial charge in [-0.15, -0.1) is 0 Å². The molecule has 0 saturated heterocycles. The summed E-state index contributed by atoms with van der Waals surface area (Å²) in [7, 11) is 0.